The van der Waals surface area contributed by atoms with Gasteiger partial charge in [-0.05, 0) is 19.3 Å². The van der Waals surface area contributed by atoms with Crippen molar-refractivity contribution < 1.29 is 23.6 Å². The maximum absolute atomic E-state index is 13.7. The van der Waals surface area contributed by atoms with Crippen molar-refractivity contribution in [2.75, 3.05) is 5.32 Å². The molecule has 20 heavy (non-hydrogen) atoms. The van der Waals surface area contributed by atoms with E-state index in [1.54, 1.807) is 0 Å². The molecule has 0 aliphatic heterocycles. The number of benzene rings is 1. The maximum atomic E-state index is 13.7. The molecular weight excluding hydrogens is 274 g/mol. The van der Waals surface area contributed by atoms with Crippen molar-refractivity contribution in [2.24, 2.45) is 5.92 Å². The van der Waals surface area contributed by atoms with Crippen LogP contribution in [0.5, 0.6) is 0 Å². The molecule has 0 aromatic heterocycles. The Morgan fingerprint density at radius 3 is 2.40 bits per heavy atom. The van der Waals surface area contributed by atoms with Crippen molar-refractivity contribution in [3.8, 4) is 0 Å². The molecule has 1 fully saturated rings. The average molecular weight is 286 g/mol. The molecule has 0 saturated heterocycles. The number of nitrogens with zero attached hydrogens (tertiary/aromatic N) is 1. The lowest BCUT2D eigenvalue weighted by atomic mass is 10.1. The summed E-state index contributed by atoms with van der Waals surface area (Å²) >= 11 is 0. The zero-order valence-corrected chi connectivity index (χ0v) is 10.3. The third kappa shape index (κ3) is 2.84. The molecule has 0 amide bonds. The Morgan fingerprint density at radius 2 is 1.95 bits per heavy atom. The number of nitro groups is 1. The van der Waals surface area contributed by atoms with Crippen LogP contribution in [0.15, 0.2) is 12.1 Å². The average Bonchev–Trinajstić information content (AvgIpc) is 2.82. The molecule has 1 saturated carbocycles. The molecule has 6 nitrogen and oxygen atoms in total. The number of hydrogen-bond donors (Lipinski definition) is 2. The first kappa shape index (κ1) is 14.2. The van der Waals surface area contributed by atoms with E-state index in [9.17, 15) is 23.7 Å². The quantitative estimate of drug-likeness (QED) is 0.655. The molecule has 0 heterocycles. The summed E-state index contributed by atoms with van der Waals surface area (Å²) in [6.45, 7) is 0. The molecular formula is C12H12F2N2O4. The number of carboxylic acids is 1. The third-order valence-corrected chi connectivity index (χ3v) is 3.37. The Hall–Kier alpha value is -2.25. The monoisotopic (exact) mass is 286 g/mol. The van der Waals surface area contributed by atoms with Crippen LogP contribution in [-0.2, 0) is 4.79 Å². The van der Waals surface area contributed by atoms with E-state index in [0.717, 1.165) is 0 Å². The number of hydrogen-bond acceptors (Lipinski definition) is 4. The third-order valence-electron chi connectivity index (χ3n) is 3.37. The van der Waals surface area contributed by atoms with Gasteiger partial charge in [-0.2, -0.15) is 0 Å². The number of nitro benzene ring substituents is 1. The second-order valence-corrected chi connectivity index (χ2v) is 4.73. The van der Waals surface area contributed by atoms with Gasteiger partial charge in [0, 0.05) is 6.04 Å². The van der Waals surface area contributed by atoms with Gasteiger partial charge < -0.3 is 10.4 Å². The molecule has 1 aromatic carbocycles. The van der Waals surface area contributed by atoms with Crippen molar-refractivity contribution in [3.05, 3.63) is 33.9 Å². The lowest BCUT2D eigenvalue weighted by Gasteiger charge is -2.15. The minimum atomic E-state index is -1.06. The molecule has 0 radical (unpaired) electrons. The summed E-state index contributed by atoms with van der Waals surface area (Å²) in [5, 5.41) is 21.9. The number of aliphatic carboxylic acids is 1. The highest BCUT2D eigenvalue weighted by Crippen LogP contribution is 2.31. The fraction of sp³-hybridized carbons (Fsp3) is 0.417. The fourth-order valence-corrected chi connectivity index (χ4v) is 2.34. The Kier molecular flexibility index (Phi) is 3.82. The van der Waals surface area contributed by atoms with E-state index in [1.165, 1.54) is 0 Å². The van der Waals surface area contributed by atoms with Crippen LogP contribution in [0.1, 0.15) is 19.3 Å². The summed E-state index contributed by atoms with van der Waals surface area (Å²) < 4.78 is 27.3. The number of anilines is 1. The van der Waals surface area contributed by atoms with Gasteiger partial charge in [-0.25, -0.2) is 8.78 Å². The Morgan fingerprint density at radius 1 is 1.35 bits per heavy atom. The highest BCUT2D eigenvalue weighted by molar-refractivity contribution is 5.70. The van der Waals surface area contributed by atoms with E-state index in [0.29, 0.717) is 25.0 Å². The summed E-state index contributed by atoms with van der Waals surface area (Å²) in [7, 11) is 0. The summed E-state index contributed by atoms with van der Waals surface area (Å²) in [6.07, 6.45) is 1.18. The predicted octanol–water partition coefficient (Wildman–Crippen LogP) is 2.54. The summed E-state index contributed by atoms with van der Waals surface area (Å²) in [6, 6.07) is 0.908. The van der Waals surface area contributed by atoms with Crippen molar-refractivity contribution in [1.82, 2.24) is 0 Å². The number of rotatable bonds is 4. The number of carbonyl (C=O) groups is 1. The number of non-ortho nitro benzene ring substituents is 1. The lowest BCUT2D eigenvalue weighted by Crippen LogP contribution is -2.19. The van der Waals surface area contributed by atoms with E-state index < -0.39 is 39.8 Å². The molecule has 1 aromatic rings. The van der Waals surface area contributed by atoms with E-state index in [4.69, 9.17) is 5.11 Å². The van der Waals surface area contributed by atoms with E-state index >= 15 is 0 Å². The van der Waals surface area contributed by atoms with E-state index in [-0.39, 0.29) is 12.5 Å². The SMILES string of the molecule is O=C(O)C1CCC(Nc2c(F)cc([N+](=O)[O-])cc2F)C1. The van der Waals surface area contributed by atoms with Crippen LogP contribution in [-0.4, -0.2) is 22.0 Å². The zero-order chi connectivity index (χ0) is 14.9. The van der Waals surface area contributed by atoms with Gasteiger partial charge in [-0.1, -0.05) is 0 Å². The molecule has 1 aliphatic rings. The van der Waals surface area contributed by atoms with E-state index in [1.807, 2.05) is 0 Å². The van der Waals surface area contributed by atoms with Crippen LogP contribution in [0.3, 0.4) is 0 Å². The first-order valence-corrected chi connectivity index (χ1v) is 6.01. The summed E-state index contributed by atoms with van der Waals surface area (Å²) in [4.78, 5) is 20.4. The smallest absolute Gasteiger partial charge is 0.306 e. The molecule has 2 rings (SSSR count). The summed E-state index contributed by atoms with van der Waals surface area (Å²) in [5.41, 5.74) is -1.12. The Labute approximate surface area is 112 Å². The highest BCUT2D eigenvalue weighted by Gasteiger charge is 2.31. The van der Waals surface area contributed by atoms with Crippen LogP contribution in [0, 0.1) is 27.7 Å². The zero-order valence-electron chi connectivity index (χ0n) is 10.3. The normalized spacial score (nSPS) is 21.7. The van der Waals surface area contributed by atoms with Crippen molar-refractivity contribution in [2.45, 2.75) is 25.3 Å². The second kappa shape index (κ2) is 5.40. The van der Waals surface area contributed by atoms with Gasteiger partial charge in [0.15, 0.2) is 11.6 Å². The van der Waals surface area contributed by atoms with Crippen LogP contribution < -0.4 is 5.32 Å². The molecule has 108 valence electrons. The van der Waals surface area contributed by atoms with Gasteiger partial charge in [0.25, 0.3) is 5.69 Å². The highest BCUT2D eigenvalue weighted by atomic mass is 19.1. The standard InChI is InChI=1S/C12H12F2N2O4/c13-9-4-8(16(19)20)5-10(14)11(9)15-7-2-1-6(3-7)12(17)18/h4-7,15H,1-3H2,(H,17,18). The molecule has 0 bridgehead atoms. The molecule has 2 N–H and O–H groups in total. The van der Waals surface area contributed by atoms with Crippen molar-refractivity contribution in [3.63, 3.8) is 0 Å². The first-order chi connectivity index (χ1) is 9.38. The predicted molar refractivity (Wildman–Crippen MR) is 65.4 cm³/mol. The minimum Gasteiger partial charge on any atom is -0.481 e. The largest absolute Gasteiger partial charge is 0.481 e. The van der Waals surface area contributed by atoms with Crippen LogP contribution in [0.4, 0.5) is 20.2 Å². The Balaban J connectivity index is 2.15. The van der Waals surface area contributed by atoms with Crippen LogP contribution in [0.25, 0.3) is 0 Å². The molecule has 2 unspecified atom stereocenters. The van der Waals surface area contributed by atoms with E-state index in [2.05, 4.69) is 5.32 Å². The molecule has 1 aliphatic carbocycles. The lowest BCUT2D eigenvalue weighted by molar-refractivity contribution is -0.385. The van der Waals surface area contributed by atoms with Gasteiger partial charge in [-0.15, -0.1) is 0 Å². The van der Waals surface area contributed by atoms with Crippen molar-refractivity contribution in [1.29, 1.82) is 0 Å². The molecule has 2 atom stereocenters. The van der Waals surface area contributed by atoms with Gasteiger partial charge in [0.05, 0.1) is 23.0 Å². The topological polar surface area (TPSA) is 92.5 Å². The molecule has 0 spiro atoms. The van der Waals surface area contributed by atoms with Crippen LogP contribution >= 0.6 is 0 Å². The van der Waals surface area contributed by atoms with Gasteiger partial charge in [0.1, 0.15) is 5.69 Å². The Bertz CT molecular complexity index is 541. The molecule has 8 heteroatoms. The minimum absolute atomic E-state index is 0.269. The maximum Gasteiger partial charge on any atom is 0.306 e. The first-order valence-electron chi connectivity index (χ1n) is 6.01. The second-order valence-electron chi connectivity index (χ2n) is 4.73. The van der Waals surface area contributed by atoms with Crippen LogP contribution in [0.2, 0.25) is 0 Å². The van der Waals surface area contributed by atoms with Gasteiger partial charge in [-0.3, -0.25) is 14.9 Å². The summed E-state index contributed by atoms with van der Waals surface area (Å²) in [5.74, 6) is -3.58. The number of carboxylic acid groups (broad SMARTS) is 1. The van der Waals surface area contributed by atoms with Crippen molar-refractivity contribution >= 4 is 17.3 Å². The number of halogens is 2. The van der Waals surface area contributed by atoms with Gasteiger partial charge >= 0.3 is 5.97 Å². The number of nitrogens with one attached hydrogen (secondary N) is 1. The fourth-order valence-electron chi connectivity index (χ4n) is 2.34. The van der Waals surface area contributed by atoms with Gasteiger partial charge in [0.2, 0.25) is 0 Å².